The van der Waals surface area contributed by atoms with Crippen LogP contribution in [0.5, 0.6) is 0 Å². The lowest BCUT2D eigenvalue weighted by Gasteiger charge is -2.31. The van der Waals surface area contributed by atoms with Crippen molar-refractivity contribution in [2.45, 2.75) is 69.0 Å². The fourth-order valence-electron chi connectivity index (χ4n) is 6.61. The van der Waals surface area contributed by atoms with Gasteiger partial charge in [0.25, 0.3) is 0 Å². The monoisotopic (exact) mass is 715 g/mol. The Hall–Kier alpha value is -3.18. The summed E-state index contributed by atoms with van der Waals surface area (Å²) in [5.74, 6) is -0.254. The molecule has 2 amide bonds. The molecule has 3 aromatic rings. The Morgan fingerprint density at radius 2 is 1.90 bits per heavy atom. The van der Waals surface area contributed by atoms with Crippen LogP contribution in [-0.4, -0.2) is 110 Å². The van der Waals surface area contributed by atoms with Crippen LogP contribution in [0.2, 0.25) is 0 Å². The standard InChI is InChI=1S/C34H45N5O8S2/c1-22(2)18-39(49(43,44)24-10-11-26-30(17-24)48-33(35-26)37-31(41)20-38-13-6-7-14-38)19-28(40)27(16-23-8-4-3-5-9-23)36-34(42)47-29-21-46-32-25(29)12-15-45-32/h3-5,8-11,17,22,25,27-29,32,40H,6-7,12-16,18-21H2,1-2H3,(H,36,42)(H,35,37,41). The van der Waals surface area contributed by atoms with Gasteiger partial charge in [-0.25, -0.2) is 18.2 Å². The lowest BCUT2D eigenvalue weighted by molar-refractivity contribution is -0.117. The lowest BCUT2D eigenvalue weighted by Crippen LogP contribution is -2.51. The minimum absolute atomic E-state index is 0.0481. The third-order valence-electron chi connectivity index (χ3n) is 9.08. The largest absolute Gasteiger partial charge is 0.443 e. The molecule has 6 rings (SSSR count). The second kappa shape index (κ2) is 15.8. The topological polar surface area (TPSA) is 160 Å². The molecule has 3 saturated heterocycles. The summed E-state index contributed by atoms with van der Waals surface area (Å²) in [7, 11) is -4.09. The van der Waals surface area contributed by atoms with Crippen LogP contribution in [-0.2, 0) is 35.4 Å². The van der Waals surface area contributed by atoms with Gasteiger partial charge in [-0.05, 0) is 68.5 Å². The number of hydrogen-bond acceptors (Lipinski definition) is 11. The quantitative estimate of drug-likeness (QED) is 0.226. The number of hydrogen-bond donors (Lipinski definition) is 3. The number of nitrogens with one attached hydrogen (secondary N) is 2. The molecule has 3 aliphatic rings. The number of nitrogens with zero attached hydrogens (tertiary/aromatic N) is 3. The average Bonchev–Trinajstić information content (AvgIpc) is 3.87. The van der Waals surface area contributed by atoms with E-state index in [2.05, 4.69) is 20.5 Å². The van der Waals surface area contributed by atoms with Gasteiger partial charge in [-0.1, -0.05) is 55.5 Å². The third kappa shape index (κ3) is 8.95. The maximum atomic E-state index is 14.2. The lowest BCUT2D eigenvalue weighted by atomic mass is 10.0. The van der Waals surface area contributed by atoms with Crippen LogP contribution >= 0.6 is 11.3 Å². The number of rotatable bonds is 14. The van der Waals surface area contributed by atoms with Gasteiger partial charge in [-0.2, -0.15) is 4.31 Å². The summed E-state index contributed by atoms with van der Waals surface area (Å²) in [6, 6.07) is 13.2. The van der Waals surface area contributed by atoms with E-state index >= 15 is 0 Å². The highest BCUT2D eigenvalue weighted by atomic mass is 32.2. The van der Waals surface area contributed by atoms with E-state index in [0.717, 1.165) is 37.9 Å². The summed E-state index contributed by atoms with van der Waals surface area (Å²) >= 11 is 1.21. The number of amides is 2. The highest BCUT2D eigenvalue weighted by molar-refractivity contribution is 7.89. The normalized spacial score (nSPS) is 22.4. The van der Waals surface area contributed by atoms with Crippen LogP contribution in [0.1, 0.15) is 38.7 Å². The molecule has 3 N–H and O–H groups in total. The minimum atomic E-state index is -4.09. The predicted molar refractivity (Wildman–Crippen MR) is 185 cm³/mol. The van der Waals surface area contributed by atoms with E-state index in [0.29, 0.717) is 28.5 Å². The summed E-state index contributed by atoms with van der Waals surface area (Å²) in [6.07, 6.45) is 0.311. The van der Waals surface area contributed by atoms with E-state index in [4.69, 9.17) is 14.2 Å². The van der Waals surface area contributed by atoms with E-state index in [1.807, 2.05) is 44.2 Å². The number of sulfonamides is 1. The number of anilines is 1. The molecule has 5 unspecified atom stereocenters. The van der Waals surface area contributed by atoms with Crippen LogP contribution in [0.25, 0.3) is 10.2 Å². The Morgan fingerprint density at radius 1 is 1.12 bits per heavy atom. The summed E-state index contributed by atoms with van der Waals surface area (Å²) in [6.45, 7) is 6.55. The van der Waals surface area contributed by atoms with E-state index in [1.54, 1.807) is 12.1 Å². The summed E-state index contributed by atoms with van der Waals surface area (Å²) in [4.78, 5) is 32.4. The van der Waals surface area contributed by atoms with Crippen molar-refractivity contribution in [2.75, 3.05) is 51.3 Å². The number of ether oxygens (including phenoxy) is 3. The molecular weight excluding hydrogens is 671 g/mol. The number of aromatic nitrogens is 1. The zero-order chi connectivity index (χ0) is 34.5. The summed E-state index contributed by atoms with van der Waals surface area (Å²) in [5, 5.41) is 17.7. The van der Waals surface area contributed by atoms with Gasteiger partial charge in [-0.15, -0.1) is 0 Å². The molecule has 5 atom stereocenters. The average molecular weight is 716 g/mol. The number of benzene rings is 2. The van der Waals surface area contributed by atoms with Crippen LogP contribution < -0.4 is 10.6 Å². The number of alkyl carbamates (subject to hydrolysis) is 1. The summed E-state index contributed by atoms with van der Waals surface area (Å²) in [5.41, 5.74) is 1.43. The smallest absolute Gasteiger partial charge is 0.407 e. The van der Waals surface area contributed by atoms with Gasteiger partial charge in [0.1, 0.15) is 6.10 Å². The van der Waals surface area contributed by atoms with Crippen molar-refractivity contribution in [3.8, 4) is 0 Å². The fraction of sp³-hybridized carbons (Fsp3) is 0.559. The maximum absolute atomic E-state index is 14.2. The van der Waals surface area contributed by atoms with Crippen LogP contribution in [0, 0.1) is 11.8 Å². The molecule has 0 saturated carbocycles. The van der Waals surface area contributed by atoms with Crippen LogP contribution in [0.3, 0.4) is 0 Å². The van der Waals surface area contributed by atoms with Crippen molar-refractivity contribution in [3.63, 3.8) is 0 Å². The van der Waals surface area contributed by atoms with Crippen LogP contribution in [0.4, 0.5) is 9.93 Å². The molecule has 0 spiro atoms. The Bertz CT molecular complexity index is 1700. The van der Waals surface area contributed by atoms with Crippen molar-refractivity contribution < 1.29 is 37.3 Å². The first-order valence-electron chi connectivity index (χ1n) is 16.9. The van der Waals surface area contributed by atoms with Gasteiger partial charge < -0.3 is 30.0 Å². The van der Waals surface area contributed by atoms with Crippen molar-refractivity contribution in [1.82, 2.24) is 19.5 Å². The van der Waals surface area contributed by atoms with E-state index in [9.17, 15) is 23.1 Å². The molecule has 0 bridgehead atoms. The molecule has 13 nitrogen and oxygen atoms in total. The van der Waals surface area contributed by atoms with Gasteiger partial charge in [0.15, 0.2) is 11.4 Å². The molecule has 3 fully saturated rings. The molecule has 0 radical (unpaired) electrons. The van der Waals surface area contributed by atoms with Gasteiger partial charge in [0.05, 0.1) is 52.9 Å². The summed E-state index contributed by atoms with van der Waals surface area (Å²) < 4.78 is 47.0. The van der Waals surface area contributed by atoms with Crippen LogP contribution in [0.15, 0.2) is 53.4 Å². The molecular formula is C34H45N5O8S2. The Balaban J connectivity index is 1.17. The molecule has 0 aliphatic carbocycles. The Kier molecular flexibility index (Phi) is 11.5. The molecule has 15 heteroatoms. The van der Waals surface area contributed by atoms with E-state index < -0.39 is 34.4 Å². The minimum Gasteiger partial charge on any atom is -0.443 e. The number of carbonyl (C=O) groups is 2. The van der Waals surface area contributed by atoms with Gasteiger partial charge in [-0.3, -0.25) is 9.69 Å². The number of thiazole rings is 1. The molecule has 49 heavy (non-hydrogen) atoms. The van der Waals surface area contributed by atoms with Crippen molar-refractivity contribution in [2.24, 2.45) is 11.8 Å². The zero-order valence-corrected chi connectivity index (χ0v) is 29.5. The van der Waals surface area contributed by atoms with Gasteiger partial charge in [0, 0.05) is 13.1 Å². The van der Waals surface area contributed by atoms with Crippen molar-refractivity contribution in [1.29, 1.82) is 0 Å². The number of likely N-dealkylation sites (tertiary alicyclic amines) is 1. The predicted octanol–water partition coefficient (Wildman–Crippen LogP) is 3.44. The third-order valence-corrected chi connectivity index (χ3v) is 11.8. The van der Waals surface area contributed by atoms with E-state index in [1.165, 1.54) is 21.7 Å². The Morgan fingerprint density at radius 3 is 2.65 bits per heavy atom. The highest BCUT2D eigenvalue weighted by Gasteiger charge is 2.44. The SMILES string of the molecule is CC(C)CN(CC(O)C(Cc1ccccc1)NC(=O)OC1COC2OCCC12)S(=O)(=O)c1ccc2nc(NC(=O)CN3CCCC3)sc2c1. The van der Waals surface area contributed by atoms with E-state index in [-0.39, 0.29) is 55.0 Å². The van der Waals surface area contributed by atoms with Gasteiger partial charge >= 0.3 is 6.09 Å². The van der Waals surface area contributed by atoms with Crippen molar-refractivity contribution in [3.05, 3.63) is 54.1 Å². The molecule has 1 aromatic heterocycles. The number of fused-ring (bicyclic) bond motifs is 2. The molecule has 4 heterocycles. The van der Waals surface area contributed by atoms with Crippen molar-refractivity contribution >= 4 is 48.7 Å². The number of aliphatic hydroxyl groups is 1. The first-order valence-corrected chi connectivity index (χ1v) is 19.2. The zero-order valence-electron chi connectivity index (χ0n) is 27.8. The number of aliphatic hydroxyl groups excluding tert-OH is 1. The Labute approximate surface area is 291 Å². The second-order valence-electron chi connectivity index (χ2n) is 13.4. The molecule has 2 aromatic carbocycles. The first-order chi connectivity index (χ1) is 23.5. The molecule has 3 aliphatic heterocycles. The van der Waals surface area contributed by atoms with Gasteiger partial charge in [0.2, 0.25) is 15.9 Å². The maximum Gasteiger partial charge on any atom is 0.407 e. The molecule has 266 valence electrons. The number of carbonyl (C=O) groups excluding carboxylic acids is 2. The highest BCUT2D eigenvalue weighted by Crippen LogP contribution is 2.33. The fourth-order valence-corrected chi connectivity index (χ4v) is 9.25. The second-order valence-corrected chi connectivity index (χ2v) is 16.3. The first kappa shape index (κ1) is 35.6.